The zero-order valence-electron chi connectivity index (χ0n) is 15.2. The lowest BCUT2D eigenvalue weighted by Crippen LogP contribution is -2.46. The van der Waals surface area contributed by atoms with Gasteiger partial charge in [0, 0.05) is 56.4 Å². The van der Waals surface area contributed by atoms with Crippen molar-refractivity contribution >= 4 is 30.6 Å². The van der Waals surface area contributed by atoms with E-state index < -0.39 is 0 Å². The summed E-state index contributed by atoms with van der Waals surface area (Å²) in [5.74, 6) is 1.87. The van der Waals surface area contributed by atoms with Crippen molar-refractivity contribution in [3.8, 4) is 5.75 Å². The van der Waals surface area contributed by atoms with Gasteiger partial charge in [0.15, 0.2) is 0 Å². The van der Waals surface area contributed by atoms with Crippen molar-refractivity contribution in [1.82, 2.24) is 14.9 Å². The third-order valence-electron chi connectivity index (χ3n) is 5.28. The first kappa shape index (κ1) is 21.7. The van der Waals surface area contributed by atoms with Gasteiger partial charge in [-0.2, -0.15) is 0 Å². The molecule has 0 unspecified atom stereocenters. The van der Waals surface area contributed by atoms with Gasteiger partial charge in [-0.1, -0.05) is 12.1 Å². The van der Waals surface area contributed by atoms with E-state index in [1.165, 1.54) is 0 Å². The fraction of sp³-hybridized carbons (Fsp3) is 0.474. The molecular weight excluding hydrogens is 385 g/mol. The van der Waals surface area contributed by atoms with Crippen LogP contribution in [0, 0.1) is 0 Å². The van der Waals surface area contributed by atoms with Gasteiger partial charge in [-0.15, -0.1) is 24.8 Å². The van der Waals surface area contributed by atoms with E-state index in [0.717, 1.165) is 62.6 Å². The first-order valence-electron chi connectivity index (χ1n) is 9.00. The van der Waals surface area contributed by atoms with Gasteiger partial charge in [-0.05, 0) is 30.5 Å². The molecule has 2 fully saturated rings. The van der Waals surface area contributed by atoms with Crippen molar-refractivity contribution in [2.75, 3.05) is 31.1 Å². The topological polar surface area (TPSA) is 78.5 Å². The van der Waals surface area contributed by atoms with E-state index in [4.69, 9.17) is 5.73 Å². The van der Waals surface area contributed by atoms with E-state index in [1.54, 1.807) is 12.4 Å². The van der Waals surface area contributed by atoms with Gasteiger partial charge in [0.1, 0.15) is 17.9 Å². The van der Waals surface area contributed by atoms with Gasteiger partial charge in [0.2, 0.25) is 0 Å². The standard InChI is InChI=1S/C19H25N5O.2ClH/c20-16-9-15(10-16)18-11-19(22-13-21-18)24-6-4-23(5-7-24)12-14-2-1-3-17(25)8-14;;/h1-3,8,11,13,15-16,25H,4-7,9-10,12,20H2;2*1H. The minimum Gasteiger partial charge on any atom is -0.508 e. The van der Waals surface area contributed by atoms with E-state index >= 15 is 0 Å². The van der Waals surface area contributed by atoms with E-state index in [9.17, 15) is 5.11 Å². The Labute approximate surface area is 172 Å². The number of aromatic nitrogens is 2. The van der Waals surface area contributed by atoms with Crippen LogP contribution < -0.4 is 10.6 Å². The van der Waals surface area contributed by atoms with Crippen molar-refractivity contribution in [3.63, 3.8) is 0 Å². The molecule has 6 nitrogen and oxygen atoms in total. The van der Waals surface area contributed by atoms with E-state index in [2.05, 4.69) is 31.9 Å². The summed E-state index contributed by atoms with van der Waals surface area (Å²) in [7, 11) is 0. The molecule has 1 aromatic carbocycles. The molecule has 0 spiro atoms. The number of piperazine rings is 1. The number of phenols is 1. The van der Waals surface area contributed by atoms with Crippen molar-refractivity contribution < 1.29 is 5.11 Å². The molecule has 0 amide bonds. The first-order valence-corrected chi connectivity index (χ1v) is 9.00. The average Bonchev–Trinajstić information content (AvgIpc) is 2.60. The van der Waals surface area contributed by atoms with Crippen LogP contribution >= 0.6 is 24.8 Å². The van der Waals surface area contributed by atoms with Crippen LogP contribution in [-0.4, -0.2) is 52.2 Å². The number of hydrogen-bond acceptors (Lipinski definition) is 6. The highest BCUT2D eigenvalue weighted by atomic mass is 35.5. The molecule has 0 bridgehead atoms. The maximum Gasteiger partial charge on any atom is 0.132 e. The van der Waals surface area contributed by atoms with Crippen LogP contribution in [-0.2, 0) is 6.54 Å². The Balaban J connectivity index is 0.00000131. The van der Waals surface area contributed by atoms with Crippen LogP contribution in [0.2, 0.25) is 0 Å². The molecule has 2 aromatic rings. The van der Waals surface area contributed by atoms with Crippen LogP contribution in [0.5, 0.6) is 5.75 Å². The molecule has 2 aliphatic rings. The van der Waals surface area contributed by atoms with Crippen LogP contribution in [0.25, 0.3) is 0 Å². The fourth-order valence-corrected chi connectivity index (χ4v) is 3.71. The second kappa shape index (κ2) is 9.55. The zero-order chi connectivity index (χ0) is 17.2. The summed E-state index contributed by atoms with van der Waals surface area (Å²) in [4.78, 5) is 13.7. The molecule has 1 saturated carbocycles. The lowest BCUT2D eigenvalue weighted by atomic mass is 9.78. The van der Waals surface area contributed by atoms with Gasteiger partial charge in [-0.25, -0.2) is 9.97 Å². The molecule has 1 saturated heterocycles. The minimum atomic E-state index is 0. The quantitative estimate of drug-likeness (QED) is 0.804. The molecule has 0 radical (unpaired) electrons. The van der Waals surface area contributed by atoms with Crippen LogP contribution in [0.1, 0.15) is 30.0 Å². The van der Waals surface area contributed by atoms with Crippen LogP contribution in [0.15, 0.2) is 36.7 Å². The highest BCUT2D eigenvalue weighted by molar-refractivity contribution is 5.85. The molecule has 1 aliphatic heterocycles. The molecule has 148 valence electrons. The van der Waals surface area contributed by atoms with Gasteiger partial charge in [-0.3, -0.25) is 4.90 Å². The molecule has 4 rings (SSSR count). The number of phenolic OH excluding ortho intramolecular Hbond substituents is 1. The van der Waals surface area contributed by atoms with Gasteiger partial charge < -0.3 is 15.7 Å². The summed E-state index contributed by atoms with van der Waals surface area (Å²) in [6, 6.07) is 9.99. The van der Waals surface area contributed by atoms with Gasteiger partial charge in [0.25, 0.3) is 0 Å². The number of halogens is 2. The Morgan fingerprint density at radius 3 is 2.44 bits per heavy atom. The summed E-state index contributed by atoms with van der Waals surface area (Å²) in [5, 5.41) is 9.60. The second-order valence-corrected chi connectivity index (χ2v) is 7.16. The van der Waals surface area contributed by atoms with E-state index in [1.807, 2.05) is 12.1 Å². The lowest BCUT2D eigenvalue weighted by molar-refractivity contribution is 0.249. The summed E-state index contributed by atoms with van der Waals surface area (Å²) in [6.07, 6.45) is 3.76. The number of anilines is 1. The largest absolute Gasteiger partial charge is 0.508 e. The van der Waals surface area contributed by atoms with Crippen molar-refractivity contribution in [2.45, 2.75) is 31.3 Å². The third-order valence-corrected chi connectivity index (χ3v) is 5.28. The Bertz CT molecular complexity index is 734. The molecule has 1 aliphatic carbocycles. The number of nitrogens with two attached hydrogens (primary N) is 1. The van der Waals surface area contributed by atoms with E-state index in [0.29, 0.717) is 17.7 Å². The molecule has 0 atom stereocenters. The summed E-state index contributed by atoms with van der Waals surface area (Å²) >= 11 is 0. The second-order valence-electron chi connectivity index (χ2n) is 7.16. The molecule has 1 aromatic heterocycles. The lowest BCUT2D eigenvalue weighted by Gasteiger charge is -2.36. The molecule has 3 N–H and O–H groups in total. The van der Waals surface area contributed by atoms with E-state index in [-0.39, 0.29) is 24.8 Å². The minimum absolute atomic E-state index is 0. The Morgan fingerprint density at radius 2 is 1.78 bits per heavy atom. The van der Waals surface area contributed by atoms with Crippen LogP contribution in [0.3, 0.4) is 0 Å². The number of rotatable bonds is 4. The van der Waals surface area contributed by atoms with Crippen LogP contribution in [0.4, 0.5) is 5.82 Å². The molecular formula is C19H27Cl2N5O. The summed E-state index contributed by atoms with van der Waals surface area (Å²) in [6.45, 7) is 4.77. The predicted molar refractivity (Wildman–Crippen MR) is 112 cm³/mol. The molecule has 27 heavy (non-hydrogen) atoms. The average molecular weight is 412 g/mol. The monoisotopic (exact) mass is 411 g/mol. The Hall–Kier alpha value is -1.60. The normalized spacial score (nSPS) is 22.3. The van der Waals surface area contributed by atoms with Gasteiger partial charge in [0.05, 0.1) is 0 Å². The van der Waals surface area contributed by atoms with Crippen molar-refractivity contribution in [2.24, 2.45) is 5.73 Å². The van der Waals surface area contributed by atoms with Gasteiger partial charge >= 0.3 is 0 Å². The Kier molecular flexibility index (Phi) is 7.68. The number of hydrogen-bond donors (Lipinski definition) is 2. The summed E-state index contributed by atoms with van der Waals surface area (Å²) < 4.78 is 0. The highest BCUT2D eigenvalue weighted by Crippen LogP contribution is 2.35. The number of aromatic hydroxyl groups is 1. The summed E-state index contributed by atoms with van der Waals surface area (Å²) in [5.41, 5.74) is 8.19. The predicted octanol–water partition coefficient (Wildman–Crippen LogP) is 2.55. The first-order chi connectivity index (χ1) is 12.2. The Morgan fingerprint density at radius 1 is 1.04 bits per heavy atom. The number of benzene rings is 1. The SMILES string of the molecule is Cl.Cl.NC1CC(c2cc(N3CCN(Cc4cccc(O)c4)CC3)ncn2)C1. The smallest absolute Gasteiger partial charge is 0.132 e. The van der Waals surface area contributed by atoms with Crippen molar-refractivity contribution in [3.05, 3.63) is 47.9 Å². The number of nitrogens with zero attached hydrogens (tertiary/aromatic N) is 4. The zero-order valence-corrected chi connectivity index (χ0v) is 16.8. The maximum absolute atomic E-state index is 9.60. The molecule has 8 heteroatoms. The highest BCUT2D eigenvalue weighted by Gasteiger charge is 2.29. The maximum atomic E-state index is 9.60. The third kappa shape index (κ3) is 5.23. The molecule has 2 heterocycles. The fourth-order valence-electron chi connectivity index (χ4n) is 3.71. The van der Waals surface area contributed by atoms with Crippen molar-refractivity contribution in [1.29, 1.82) is 0 Å².